The fraction of sp³-hybridized carbons (Fsp3) is 0.250. The first kappa shape index (κ1) is 19.6. The van der Waals surface area contributed by atoms with Gasteiger partial charge in [0, 0.05) is 33.4 Å². The Morgan fingerprint density at radius 3 is 0.636 bits per heavy atom. The van der Waals surface area contributed by atoms with Crippen molar-refractivity contribution in [3.05, 3.63) is 106 Å². The molecule has 0 amide bonds. The van der Waals surface area contributed by atoms with Crippen LogP contribution in [0.15, 0.2) is 72.8 Å². The van der Waals surface area contributed by atoms with Crippen molar-refractivity contribution in [2.24, 2.45) is 0 Å². The zero-order valence-corrected chi connectivity index (χ0v) is 16.4. The molecule has 0 aromatic heterocycles. The van der Waals surface area contributed by atoms with Crippen molar-refractivity contribution in [3.63, 3.8) is 0 Å². The van der Waals surface area contributed by atoms with Crippen LogP contribution in [0.2, 0.25) is 0 Å². The minimum atomic E-state index is -3.89. The third-order valence-corrected chi connectivity index (χ3v) is 6.94. The van der Waals surface area contributed by atoms with Crippen LogP contribution >= 0.6 is 0 Å². The number of alkyl halides is 6. The Labute approximate surface area is 182 Å². The summed E-state index contributed by atoms with van der Waals surface area (Å²) in [6, 6.07) is 13.3. The fourth-order valence-corrected chi connectivity index (χ4v) is 5.48. The maximum absolute atomic E-state index is 16.6. The summed E-state index contributed by atoms with van der Waals surface area (Å²) in [6.45, 7) is 0. The highest BCUT2D eigenvalue weighted by molar-refractivity contribution is 5.54. The van der Waals surface area contributed by atoms with E-state index in [9.17, 15) is 0 Å². The zero-order valence-electron chi connectivity index (χ0n) is 16.4. The molecule has 7 rings (SSSR count). The molecule has 0 saturated carbocycles. The molecule has 33 heavy (non-hydrogen) atoms. The lowest BCUT2D eigenvalue weighted by molar-refractivity contribution is -0.421. The quantitative estimate of drug-likeness (QED) is 0.388. The molecule has 0 saturated heterocycles. The lowest BCUT2D eigenvalue weighted by atomic mass is 9.85. The van der Waals surface area contributed by atoms with Gasteiger partial charge in [-0.1, -0.05) is 72.8 Å². The summed E-state index contributed by atoms with van der Waals surface area (Å²) >= 11 is 0. The van der Waals surface area contributed by atoms with Gasteiger partial charge < -0.3 is 0 Å². The molecule has 0 N–H and O–H groups in total. The van der Waals surface area contributed by atoms with E-state index in [1.165, 1.54) is 36.4 Å². The van der Waals surface area contributed by atoms with E-state index < -0.39 is 68.5 Å². The van der Waals surface area contributed by atoms with Crippen molar-refractivity contribution >= 4 is 0 Å². The second-order valence-corrected chi connectivity index (χ2v) is 8.51. The molecule has 6 bridgehead atoms. The van der Waals surface area contributed by atoms with E-state index in [0.717, 1.165) is 36.4 Å². The Bertz CT molecular complexity index is 1120. The Hall–Kier alpha value is -2.88. The van der Waals surface area contributed by atoms with Gasteiger partial charge >= 0.3 is 35.1 Å². The first-order valence-corrected chi connectivity index (χ1v) is 10.1. The normalized spacial score (nSPS) is 43.8. The van der Waals surface area contributed by atoms with Gasteiger partial charge in [-0.3, -0.25) is 14.2 Å². The molecule has 0 fully saturated rings. The highest BCUT2D eigenvalue weighted by atomic mass is 19.2. The van der Waals surface area contributed by atoms with Gasteiger partial charge in [0.2, 0.25) is 0 Å². The number of benzene rings is 3. The molecular formula is C24H12F6O3. The van der Waals surface area contributed by atoms with Crippen LogP contribution in [-0.4, -0.2) is 0 Å². The monoisotopic (exact) mass is 462 g/mol. The molecule has 0 spiro atoms. The van der Waals surface area contributed by atoms with E-state index in [0.29, 0.717) is 0 Å². The number of halogens is 6. The predicted octanol–water partition coefficient (Wildman–Crippen LogP) is 5.93. The fourth-order valence-electron chi connectivity index (χ4n) is 5.48. The standard InChI is InChI=1S/C24H12F6O3/c25-19-13-7-1-2-8-14(13)20(26,31-19)22(28)17-11-5-6-12-18(17)24(30,33-22)23(29)16-10-4-3-9-15(16)21(19,27)32-23/h1-12H/t19-,20+,21-,22-,23+,24+. The average Bonchev–Trinajstić information content (AvgIpc) is 3.33. The Kier molecular flexibility index (Phi) is 3.12. The highest BCUT2D eigenvalue weighted by Gasteiger charge is 2.86. The summed E-state index contributed by atoms with van der Waals surface area (Å²) in [7, 11) is 0. The molecule has 168 valence electrons. The molecule has 9 heteroatoms. The summed E-state index contributed by atoms with van der Waals surface area (Å²) in [5, 5.41) is 0. The van der Waals surface area contributed by atoms with Crippen LogP contribution in [0.5, 0.6) is 0 Å². The number of rotatable bonds is 0. The number of hydrogen-bond donors (Lipinski definition) is 0. The highest BCUT2D eigenvalue weighted by Crippen LogP contribution is 2.75. The number of ether oxygens (including phenoxy) is 3. The second kappa shape index (κ2) is 5.27. The van der Waals surface area contributed by atoms with Crippen LogP contribution in [-0.2, 0) is 49.3 Å². The van der Waals surface area contributed by atoms with Crippen molar-refractivity contribution in [1.82, 2.24) is 0 Å². The van der Waals surface area contributed by atoms with Crippen LogP contribution in [0.4, 0.5) is 26.3 Å². The molecule has 0 unspecified atom stereocenters. The molecule has 3 nitrogen and oxygen atoms in total. The largest absolute Gasteiger partial charge is 0.303 e. The first-order valence-electron chi connectivity index (χ1n) is 10.1. The lowest BCUT2D eigenvalue weighted by Gasteiger charge is -2.36. The van der Waals surface area contributed by atoms with E-state index in [4.69, 9.17) is 14.2 Å². The van der Waals surface area contributed by atoms with Crippen LogP contribution < -0.4 is 0 Å². The molecular weight excluding hydrogens is 450 g/mol. The summed E-state index contributed by atoms with van der Waals surface area (Å²) < 4.78 is 115. The minimum absolute atomic E-state index is 0.773. The summed E-state index contributed by atoms with van der Waals surface area (Å²) in [5.74, 6) is -23.3. The van der Waals surface area contributed by atoms with Crippen molar-refractivity contribution in [2.75, 3.05) is 0 Å². The molecule has 1 aliphatic carbocycles. The molecule has 4 aliphatic rings. The minimum Gasteiger partial charge on any atom is -0.291 e. The zero-order chi connectivity index (χ0) is 23.1. The van der Waals surface area contributed by atoms with E-state index in [1.54, 1.807) is 0 Å². The van der Waals surface area contributed by atoms with Crippen molar-refractivity contribution in [2.45, 2.75) is 35.1 Å². The molecule has 3 aliphatic heterocycles. The van der Waals surface area contributed by atoms with Gasteiger partial charge in [0.1, 0.15) is 0 Å². The Morgan fingerprint density at radius 1 is 0.333 bits per heavy atom. The van der Waals surface area contributed by atoms with Gasteiger partial charge in [0.05, 0.1) is 0 Å². The van der Waals surface area contributed by atoms with Crippen LogP contribution in [0, 0.1) is 0 Å². The van der Waals surface area contributed by atoms with Crippen molar-refractivity contribution in [3.8, 4) is 0 Å². The molecule has 3 aromatic carbocycles. The number of fused-ring (bicyclic) bond motifs is 3. The van der Waals surface area contributed by atoms with Gasteiger partial charge in [-0.2, -0.15) is 26.3 Å². The Morgan fingerprint density at radius 2 is 0.485 bits per heavy atom. The van der Waals surface area contributed by atoms with Crippen molar-refractivity contribution < 1.29 is 40.6 Å². The predicted molar refractivity (Wildman–Crippen MR) is 99.3 cm³/mol. The third-order valence-electron chi connectivity index (χ3n) is 6.94. The molecule has 6 atom stereocenters. The SMILES string of the molecule is F[C@]12O[C@](F)(c3ccccc31)[C@@]1(F)O[C@](F)(c3ccccc31)[C@]1(F)O[C@@]2(F)c2ccccc21. The Balaban J connectivity index is 1.71. The van der Waals surface area contributed by atoms with Gasteiger partial charge in [-0.05, 0) is 0 Å². The lowest BCUT2D eigenvalue weighted by Crippen LogP contribution is -2.48. The summed E-state index contributed by atoms with van der Waals surface area (Å²) in [5.41, 5.74) is -4.64. The summed E-state index contributed by atoms with van der Waals surface area (Å²) in [4.78, 5) is 0. The topological polar surface area (TPSA) is 27.7 Å². The van der Waals surface area contributed by atoms with Gasteiger partial charge in [-0.15, -0.1) is 0 Å². The van der Waals surface area contributed by atoms with Crippen molar-refractivity contribution in [1.29, 1.82) is 0 Å². The number of hydrogen-bond acceptors (Lipinski definition) is 3. The van der Waals surface area contributed by atoms with Gasteiger partial charge in [0.25, 0.3) is 0 Å². The molecule has 3 aromatic rings. The van der Waals surface area contributed by atoms with Crippen LogP contribution in [0.1, 0.15) is 33.4 Å². The maximum Gasteiger partial charge on any atom is 0.303 e. The van der Waals surface area contributed by atoms with Gasteiger partial charge in [-0.25, -0.2) is 0 Å². The smallest absolute Gasteiger partial charge is 0.291 e. The second-order valence-electron chi connectivity index (χ2n) is 8.51. The van der Waals surface area contributed by atoms with Crippen LogP contribution in [0.3, 0.4) is 0 Å². The van der Waals surface area contributed by atoms with E-state index in [-0.39, 0.29) is 0 Å². The maximum atomic E-state index is 16.6. The van der Waals surface area contributed by atoms with Crippen LogP contribution in [0.25, 0.3) is 0 Å². The average molecular weight is 462 g/mol. The van der Waals surface area contributed by atoms with Gasteiger partial charge in [0.15, 0.2) is 0 Å². The third kappa shape index (κ3) is 1.73. The first-order chi connectivity index (χ1) is 15.6. The van der Waals surface area contributed by atoms with E-state index in [2.05, 4.69) is 0 Å². The van der Waals surface area contributed by atoms with E-state index in [1.807, 2.05) is 0 Å². The van der Waals surface area contributed by atoms with E-state index >= 15 is 26.3 Å². The molecule has 0 radical (unpaired) electrons. The summed E-state index contributed by atoms with van der Waals surface area (Å²) in [6.07, 6.45) is 0. The molecule has 3 heterocycles.